The van der Waals surface area contributed by atoms with Crippen molar-refractivity contribution >= 4 is 0 Å². The molecule has 0 radical (unpaired) electrons. The summed E-state index contributed by atoms with van der Waals surface area (Å²) in [7, 11) is 0. The fourth-order valence-corrected chi connectivity index (χ4v) is 3.99. The van der Waals surface area contributed by atoms with Crippen molar-refractivity contribution < 1.29 is 10.2 Å². The SMILES string of the molecule is CC.CCCC(CC)c1nc2c(c(C)c1CO)C(O)CC(C)(C)C2. The molecular formula is C21H37NO2. The van der Waals surface area contributed by atoms with Crippen LogP contribution in [0, 0.1) is 12.3 Å². The largest absolute Gasteiger partial charge is 0.392 e. The molecule has 3 heteroatoms. The summed E-state index contributed by atoms with van der Waals surface area (Å²) >= 11 is 0. The third-order valence-electron chi connectivity index (χ3n) is 5.13. The summed E-state index contributed by atoms with van der Waals surface area (Å²) in [6, 6.07) is 0. The van der Waals surface area contributed by atoms with Crippen LogP contribution in [0.15, 0.2) is 0 Å². The lowest BCUT2D eigenvalue weighted by atomic mass is 9.73. The van der Waals surface area contributed by atoms with Crippen molar-refractivity contribution in [1.82, 2.24) is 4.98 Å². The Labute approximate surface area is 148 Å². The van der Waals surface area contributed by atoms with Crippen molar-refractivity contribution in [3.63, 3.8) is 0 Å². The molecule has 1 aliphatic rings. The topological polar surface area (TPSA) is 53.4 Å². The lowest BCUT2D eigenvalue weighted by Crippen LogP contribution is -2.29. The van der Waals surface area contributed by atoms with Gasteiger partial charge in [-0.2, -0.15) is 0 Å². The highest BCUT2D eigenvalue weighted by molar-refractivity contribution is 5.43. The van der Waals surface area contributed by atoms with Crippen molar-refractivity contribution in [2.24, 2.45) is 5.41 Å². The summed E-state index contributed by atoms with van der Waals surface area (Å²) in [5.74, 6) is 0.401. The minimum atomic E-state index is -0.461. The van der Waals surface area contributed by atoms with Gasteiger partial charge in [-0.05, 0) is 43.6 Å². The summed E-state index contributed by atoms with van der Waals surface area (Å²) in [5.41, 5.74) is 5.16. The number of rotatable bonds is 5. The maximum Gasteiger partial charge on any atom is 0.0815 e. The normalized spacial score (nSPS) is 20.0. The Morgan fingerprint density at radius 1 is 1.25 bits per heavy atom. The molecule has 1 aromatic rings. The molecule has 0 saturated carbocycles. The first-order valence-electron chi connectivity index (χ1n) is 9.65. The molecule has 0 amide bonds. The van der Waals surface area contributed by atoms with Gasteiger partial charge in [0, 0.05) is 28.4 Å². The van der Waals surface area contributed by atoms with E-state index in [1.165, 1.54) is 0 Å². The Morgan fingerprint density at radius 3 is 2.38 bits per heavy atom. The molecular weight excluding hydrogens is 298 g/mol. The summed E-state index contributed by atoms with van der Waals surface area (Å²) in [4.78, 5) is 4.96. The van der Waals surface area contributed by atoms with Crippen molar-refractivity contribution in [3.05, 3.63) is 28.1 Å². The van der Waals surface area contributed by atoms with E-state index in [2.05, 4.69) is 27.7 Å². The third kappa shape index (κ3) is 4.37. The maximum atomic E-state index is 10.6. The van der Waals surface area contributed by atoms with Gasteiger partial charge in [-0.3, -0.25) is 4.98 Å². The molecule has 2 rings (SSSR count). The van der Waals surface area contributed by atoms with Crippen molar-refractivity contribution in [1.29, 1.82) is 0 Å². The van der Waals surface area contributed by atoms with Crippen LogP contribution in [0.25, 0.3) is 0 Å². The predicted octanol–water partition coefficient (Wildman–Crippen LogP) is 5.21. The molecule has 0 aliphatic heterocycles. The summed E-state index contributed by atoms with van der Waals surface area (Å²) < 4.78 is 0. The lowest BCUT2D eigenvalue weighted by molar-refractivity contribution is 0.0970. The predicted molar refractivity (Wildman–Crippen MR) is 101 cm³/mol. The van der Waals surface area contributed by atoms with Crippen LogP contribution in [0.1, 0.15) is 107 Å². The Morgan fingerprint density at radius 2 is 1.88 bits per heavy atom. The van der Waals surface area contributed by atoms with Gasteiger partial charge >= 0.3 is 0 Å². The zero-order valence-corrected chi connectivity index (χ0v) is 16.7. The molecule has 2 unspecified atom stereocenters. The molecule has 3 nitrogen and oxygen atoms in total. The van der Waals surface area contributed by atoms with Crippen molar-refractivity contribution in [3.8, 4) is 0 Å². The van der Waals surface area contributed by atoms with Gasteiger partial charge in [0.05, 0.1) is 12.7 Å². The molecule has 1 aliphatic carbocycles. The number of hydrogen-bond donors (Lipinski definition) is 2. The van der Waals surface area contributed by atoms with Crippen LogP contribution in [0.5, 0.6) is 0 Å². The van der Waals surface area contributed by atoms with Gasteiger partial charge in [-0.15, -0.1) is 0 Å². The van der Waals surface area contributed by atoms with E-state index in [0.29, 0.717) is 5.92 Å². The van der Waals surface area contributed by atoms with Crippen LogP contribution in [0.3, 0.4) is 0 Å². The first-order chi connectivity index (χ1) is 11.3. The Hall–Kier alpha value is -0.930. The maximum absolute atomic E-state index is 10.6. The number of aliphatic hydroxyl groups excluding tert-OH is 2. The molecule has 2 N–H and O–H groups in total. The van der Waals surface area contributed by atoms with Crippen LogP contribution in [-0.4, -0.2) is 15.2 Å². The average molecular weight is 336 g/mol. The summed E-state index contributed by atoms with van der Waals surface area (Å²) in [5, 5.41) is 20.4. The number of aromatic nitrogens is 1. The standard InChI is InChI=1S/C19H31NO2.C2H6/c1-6-8-13(7-2)18-14(11-21)12(3)17-15(20-18)9-19(4,5)10-16(17)22;1-2/h13,16,21-22H,6-11H2,1-5H3;1-2H3. The van der Waals surface area contributed by atoms with Gasteiger partial charge in [0.15, 0.2) is 0 Å². The molecule has 138 valence electrons. The van der Waals surface area contributed by atoms with Crippen LogP contribution >= 0.6 is 0 Å². The average Bonchev–Trinajstić information content (AvgIpc) is 2.52. The molecule has 1 aromatic heterocycles. The van der Waals surface area contributed by atoms with Gasteiger partial charge in [0.2, 0.25) is 0 Å². The molecule has 0 fully saturated rings. The van der Waals surface area contributed by atoms with Crippen LogP contribution < -0.4 is 0 Å². The number of pyridine rings is 1. The smallest absolute Gasteiger partial charge is 0.0815 e. The Bertz CT molecular complexity index is 537. The van der Waals surface area contributed by atoms with Gasteiger partial charge in [-0.25, -0.2) is 0 Å². The van der Waals surface area contributed by atoms with Crippen molar-refractivity contribution in [2.75, 3.05) is 0 Å². The summed E-state index contributed by atoms with van der Waals surface area (Å²) in [6.07, 6.45) is 4.46. The first kappa shape index (κ1) is 21.1. The zero-order chi connectivity index (χ0) is 18.5. The van der Waals surface area contributed by atoms with E-state index < -0.39 is 6.10 Å². The molecule has 1 heterocycles. The second-order valence-electron chi connectivity index (χ2n) is 7.57. The van der Waals surface area contributed by atoms with E-state index in [0.717, 1.165) is 60.2 Å². The molecule has 24 heavy (non-hydrogen) atoms. The van der Waals surface area contributed by atoms with Gasteiger partial charge in [-0.1, -0.05) is 48.0 Å². The van der Waals surface area contributed by atoms with Gasteiger partial charge < -0.3 is 10.2 Å². The van der Waals surface area contributed by atoms with E-state index in [9.17, 15) is 10.2 Å². The number of aliphatic hydroxyl groups is 2. The van der Waals surface area contributed by atoms with E-state index >= 15 is 0 Å². The van der Waals surface area contributed by atoms with Crippen LogP contribution in [-0.2, 0) is 13.0 Å². The van der Waals surface area contributed by atoms with Gasteiger partial charge in [0.1, 0.15) is 0 Å². The third-order valence-corrected chi connectivity index (χ3v) is 5.13. The highest BCUT2D eigenvalue weighted by atomic mass is 16.3. The van der Waals surface area contributed by atoms with Crippen molar-refractivity contribution in [2.45, 2.75) is 99.2 Å². The molecule has 0 bridgehead atoms. The molecule has 0 spiro atoms. The lowest BCUT2D eigenvalue weighted by Gasteiger charge is -2.36. The monoisotopic (exact) mass is 335 g/mol. The quantitative estimate of drug-likeness (QED) is 0.777. The highest BCUT2D eigenvalue weighted by Gasteiger charge is 2.35. The fraction of sp³-hybridized carbons (Fsp3) is 0.762. The highest BCUT2D eigenvalue weighted by Crippen LogP contribution is 2.43. The van der Waals surface area contributed by atoms with Gasteiger partial charge in [0.25, 0.3) is 0 Å². The minimum absolute atomic E-state index is 0.0117. The summed E-state index contributed by atoms with van der Waals surface area (Å²) in [6.45, 7) is 14.8. The number of fused-ring (bicyclic) bond motifs is 1. The zero-order valence-electron chi connectivity index (χ0n) is 16.7. The van der Waals surface area contributed by atoms with E-state index in [1.807, 2.05) is 20.8 Å². The number of nitrogens with zero attached hydrogens (tertiary/aromatic N) is 1. The van der Waals surface area contributed by atoms with E-state index in [1.54, 1.807) is 0 Å². The first-order valence-corrected chi connectivity index (χ1v) is 9.65. The second-order valence-corrected chi connectivity index (χ2v) is 7.57. The van der Waals surface area contributed by atoms with E-state index in [-0.39, 0.29) is 12.0 Å². The fourth-order valence-electron chi connectivity index (χ4n) is 3.99. The molecule has 0 aromatic carbocycles. The van der Waals surface area contributed by atoms with Crippen LogP contribution in [0.4, 0.5) is 0 Å². The minimum Gasteiger partial charge on any atom is -0.392 e. The molecule has 2 atom stereocenters. The molecule has 0 saturated heterocycles. The number of hydrogen-bond acceptors (Lipinski definition) is 3. The van der Waals surface area contributed by atoms with Crippen LogP contribution in [0.2, 0.25) is 0 Å². The Kier molecular flexibility index (Phi) is 7.88. The Balaban J connectivity index is 0.00000139. The second kappa shape index (κ2) is 8.96. The van der Waals surface area contributed by atoms with E-state index in [4.69, 9.17) is 4.98 Å².